The molecule has 5 rings (SSSR count). The number of amides is 1. The molecule has 1 N–H and O–H groups in total. The average Bonchev–Trinajstić information content (AvgIpc) is 3.35. The van der Waals surface area contributed by atoms with Gasteiger partial charge in [0.25, 0.3) is 5.91 Å². The second kappa shape index (κ2) is 10.7. The number of nitrogens with one attached hydrogen (secondary N) is 1. The van der Waals surface area contributed by atoms with Crippen LogP contribution in [0.15, 0.2) is 36.8 Å². The third-order valence-corrected chi connectivity index (χ3v) is 7.93. The number of carbonyl (C=O) groups is 1. The fraction of sp³-hybridized carbons (Fsp3) is 0.467. The number of carbonyl (C=O) groups excluding carboxylic acids is 1. The predicted molar refractivity (Wildman–Crippen MR) is 152 cm³/mol. The Morgan fingerprint density at radius 2 is 2.00 bits per heavy atom. The first-order valence-electron chi connectivity index (χ1n) is 13.7. The highest BCUT2D eigenvalue weighted by Crippen LogP contribution is 2.58. The van der Waals surface area contributed by atoms with Crippen LogP contribution in [0.4, 0.5) is 20.4 Å². The molecular formula is C30H35F2N7O2. The van der Waals surface area contributed by atoms with E-state index in [0.29, 0.717) is 42.7 Å². The van der Waals surface area contributed by atoms with Gasteiger partial charge < -0.3 is 24.4 Å². The van der Waals surface area contributed by atoms with Gasteiger partial charge in [0, 0.05) is 62.5 Å². The molecule has 1 amide bonds. The molecule has 1 aliphatic heterocycles. The Kier molecular flexibility index (Phi) is 7.46. The van der Waals surface area contributed by atoms with E-state index in [2.05, 4.69) is 20.1 Å². The van der Waals surface area contributed by atoms with Gasteiger partial charge in [-0.3, -0.25) is 9.78 Å². The lowest BCUT2D eigenvalue weighted by Crippen LogP contribution is -2.60. The minimum absolute atomic E-state index is 0.164. The molecule has 0 saturated heterocycles. The number of nitrogens with zero attached hydrogens (tertiary/aromatic N) is 6. The van der Waals surface area contributed by atoms with Crippen molar-refractivity contribution in [2.45, 2.75) is 57.2 Å². The van der Waals surface area contributed by atoms with Gasteiger partial charge in [0.05, 0.1) is 31.5 Å². The van der Waals surface area contributed by atoms with E-state index in [0.717, 1.165) is 16.7 Å². The van der Waals surface area contributed by atoms with Gasteiger partial charge in [-0.15, -0.1) is 0 Å². The van der Waals surface area contributed by atoms with Crippen LogP contribution < -0.4 is 10.1 Å². The van der Waals surface area contributed by atoms with E-state index in [9.17, 15) is 13.6 Å². The van der Waals surface area contributed by atoms with Crippen molar-refractivity contribution >= 4 is 17.5 Å². The van der Waals surface area contributed by atoms with Gasteiger partial charge in [0.15, 0.2) is 0 Å². The summed E-state index contributed by atoms with van der Waals surface area (Å²) in [5.41, 5.74) is 2.93. The van der Waals surface area contributed by atoms with E-state index in [4.69, 9.17) is 11.3 Å². The second-order valence-electron chi connectivity index (χ2n) is 11.3. The predicted octanol–water partition coefficient (Wildman–Crippen LogP) is 5.26. The lowest BCUT2D eigenvalue weighted by molar-refractivity contribution is -0.135. The molecule has 1 spiro atoms. The summed E-state index contributed by atoms with van der Waals surface area (Å²) in [7, 11) is 5.66. The molecule has 2 aromatic heterocycles. The van der Waals surface area contributed by atoms with Crippen LogP contribution in [0, 0.1) is 6.57 Å². The maximum atomic E-state index is 14.7. The summed E-state index contributed by atoms with van der Waals surface area (Å²) in [6.45, 7) is 12.6. The van der Waals surface area contributed by atoms with Crippen LogP contribution in [0.1, 0.15) is 65.5 Å². The van der Waals surface area contributed by atoms with E-state index in [1.807, 2.05) is 55.7 Å². The fourth-order valence-electron chi connectivity index (χ4n) is 6.34. The van der Waals surface area contributed by atoms with Crippen LogP contribution in [-0.4, -0.2) is 70.5 Å². The number of hydrogen-bond acceptors (Lipinski definition) is 6. The molecule has 11 heteroatoms. The summed E-state index contributed by atoms with van der Waals surface area (Å²) in [6, 6.07) is 5.06. The van der Waals surface area contributed by atoms with Gasteiger partial charge in [-0.25, -0.2) is 18.6 Å². The van der Waals surface area contributed by atoms with Gasteiger partial charge in [0.1, 0.15) is 5.75 Å². The third kappa shape index (κ3) is 5.24. The van der Waals surface area contributed by atoms with E-state index in [1.54, 1.807) is 24.2 Å². The molecule has 0 radical (unpaired) electrons. The Morgan fingerprint density at radius 1 is 1.24 bits per heavy atom. The van der Waals surface area contributed by atoms with Crippen molar-refractivity contribution in [2.75, 3.05) is 39.6 Å². The molecule has 1 saturated carbocycles. The van der Waals surface area contributed by atoms with Crippen molar-refractivity contribution in [3.8, 4) is 5.75 Å². The molecule has 1 atom stereocenters. The van der Waals surface area contributed by atoms with Crippen LogP contribution in [-0.2, 0) is 18.5 Å². The first kappa shape index (κ1) is 28.5. The van der Waals surface area contributed by atoms with Crippen LogP contribution in [0.5, 0.6) is 5.75 Å². The molecule has 1 unspecified atom stereocenters. The topological polar surface area (TPSA) is 79.9 Å². The molecule has 3 heterocycles. The summed E-state index contributed by atoms with van der Waals surface area (Å²) in [4.78, 5) is 30.2. The van der Waals surface area contributed by atoms with Gasteiger partial charge in [0.2, 0.25) is 17.6 Å². The molecule has 1 aliphatic carbocycles. The Labute approximate surface area is 239 Å². The van der Waals surface area contributed by atoms with Gasteiger partial charge in [-0.1, -0.05) is 6.07 Å². The number of ether oxygens (including phenoxy) is 1. The zero-order valence-electron chi connectivity index (χ0n) is 24.0. The number of pyridine rings is 1. The van der Waals surface area contributed by atoms with Gasteiger partial charge in [-0.2, -0.15) is 0 Å². The van der Waals surface area contributed by atoms with Gasteiger partial charge in [-0.05, 0) is 56.8 Å². The van der Waals surface area contributed by atoms with Crippen molar-refractivity contribution in [3.05, 3.63) is 76.2 Å². The lowest BCUT2D eigenvalue weighted by atomic mass is 9.58. The highest BCUT2D eigenvalue weighted by molar-refractivity contribution is 5.98. The number of hydrogen-bond donors (Lipinski definition) is 1. The lowest BCUT2D eigenvalue weighted by Gasteiger charge is -2.54. The number of benzene rings is 1. The van der Waals surface area contributed by atoms with Crippen molar-refractivity contribution in [1.29, 1.82) is 0 Å². The number of imidazole rings is 1. The number of alkyl halides is 2. The highest BCUT2D eigenvalue weighted by Gasteiger charge is 2.61. The molecule has 1 fully saturated rings. The smallest absolute Gasteiger partial charge is 0.254 e. The molecule has 41 heavy (non-hydrogen) atoms. The zero-order valence-corrected chi connectivity index (χ0v) is 24.0. The van der Waals surface area contributed by atoms with Crippen LogP contribution >= 0.6 is 0 Å². The van der Waals surface area contributed by atoms with Crippen LogP contribution in [0.25, 0.3) is 4.85 Å². The Hall–Kier alpha value is -4.04. The minimum Gasteiger partial charge on any atom is -0.505 e. The fourth-order valence-corrected chi connectivity index (χ4v) is 6.34. The maximum absolute atomic E-state index is 14.7. The average molecular weight is 564 g/mol. The molecule has 1 aromatic carbocycles. The molecule has 0 bridgehead atoms. The molecular weight excluding hydrogens is 528 g/mol. The maximum Gasteiger partial charge on any atom is 0.254 e. The zero-order chi connectivity index (χ0) is 29.5. The summed E-state index contributed by atoms with van der Waals surface area (Å²) >= 11 is 0. The number of aromatic nitrogens is 3. The van der Waals surface area contributed by atoms with Crippen LogP contribution in [0.3, 0.4) is 0 Å². The number of halogens is 2. The van der Waals surface area contributed by atoms with Crippen LogP contribution in [0.2, 0.25) is 0 Å². The third-order valence-electron chi connectivity index (χ3n) is 7.93. The number of rotatable bonds is 9. The largest absolute Gasteiger partial charge is 0.505 e. The van der Waals surface area contributed by atoms with Crippen molar-refractivity contribution in [3.63, 3.8) is 0 Å². The normalized spacial score (nSPS) is 17.6. The van der Waals surface area contributed by atoms with E-state index >= 15 is 0 Å². The summed E-state index contributed by atoms with van der Waals surface area (Å²) in [5, 5.41) is 3.07. The highest BCUT2D eigenvalue weighted by atomic mass is 19.3. The first-order chi connectivity index (χ1) is 19.5. The molecule has 216 valence electrons. The Balaban J connectivity index is 1.61. The summed E-state index contributed by atoms with van der Waals surface area (Å²) < 4.78 is 36.9. The number of fused-ring (bicyclic) bond motifs is 2. The van der Waals surface area contributed by atoms with Crippen molar-refractivity contribution in [2.24, 2.45) is 0 Å². The van der Waals surface area contributed by atoms with Crippen molar-refractivity contribution < 1.29 is 18.3 Å². The van der Waals surface area contributed by atoms with Crippen molar-refractivity contribution in [1.82, 2.24) is 24.3 Å². The quantitative estimate of drug-likeness (QED) is 0.358. The second-order valence-corrected chi connectivity index (χ2v) is 11.3. The minimum atomic E-state index is -2.79. The monoisotopic (exact) mass is 563 g/mol. The standard InChI is InChI=1S/C30H35F2N7O2/c1-7-41-25-12-23(36-13-24(25)33-3)19(2)39-18-29(16-30(31,32)17-29)26-21(15-37(5)6)10-20(11-22(26)27(39)40)14-38-9-8-35-28(38)34-4/h8-13,19H,7,14-18H2,1-2,4-6H3,(H,34,35). The Bertz CT molecular complexity index is 1500. The summed E-state index contributed by atoms with van der Waals surface area (Å²) in [5.74, 6) is -1.93. The molecule has 3 aromatic rings. The van der Waals surface area contributed by atoms with Gasteiger partial charge >= 0.3 is 0 Å². The van der Waals surface area contributed by atoms with E-state index < -0.39 is 17.4 Å². The first-order valence-corrected chi connectivity index (χ1v) is 13.7. The van der Waals surface area contributed by atoms with E-state index in [1.165, 1.54) is 6.20 Å². The Morgan fingerprint density at radius 3 is 2.63 bits per heavy atom. The number of anilines is 1. The SMILES string of the molecule is [C-]#[N+]c1cnc(C(C)N2CC3(CC(F)(F)C3)c3c(CN(C)C)cc(Cn4ccnc4NC)cc3C2=O)cc1OCC. The summed E-state index contributed by atoms with van der Waals surface area (Å²) in [6.07, 6.45) is 4.37. The molecule has 9 nitrogen and oxygen atoms in total. The van der Waals surface area contributed by atoms with E-state index in [-0.39, 0.29) is 31.0 Å². The molecule has 2 aliphatic rings.